The number of carbonyl (C=O) groups excluding carboxylic acids is 1. The molecule has 0 bridgehead atoms. The molecule has 1 fully saturated rings. The van der Waals surface area contributed by atoms with Crippen LogP contribution in [0.15, 0.2) is 24.4 Å². The van der Waals surface area contributed by atoms with Gasteiger partial charge in [0.25, 0.3) is 5.91 Å². The number of nitrogens with one attached hydrogen (secondary N) is 1. The Kier molecular flexibility index (Phi) is 5.01. The Morgan fingerprint density at radius 2 is 2.29 bits per heavy atom. The third-order valence-electron chi connectivity index (χ3n) is 3.73. The summed E-state index contributed by atoms with van der Waals surface area (Å²) >= 11 is 1.79. The molecule has 2 rings (SSSR count). The molecule has 1 saturated carbocycles. The molecule has 5 nitrogen and oxygen atoms in total. The Balaban J connectivity index is 2.07. The highest BCUT2D eigenvalue weighted by atomic mass is 32.2. The van der Waals surface area contributed by atoms with E-state index >= 15 is 0 Å². The normalized spacial score (nSPS) is 16.4. The zero-order valence-corrected chi connectivity index (χ0v) is 12.7. The van der Waals surface area contributed by atoms with Gasteiger partial charge in [-0.05, 0) is 31.2 Å². The lowest BCUT2D eigenvalue weighted by Gasteiger charge is -2.40. The van der Waals surface area contributed by atoms with E-state index in [0.717, 1.165) is 18.9 Å². The fourth-order valence-corrected chi connectivity index (χ4v) is 3.17. The van der Waals surface area contributed by atoms with E-state index in [9.17, 15) is 9.59 Å². The fraction of sp³-hybridized carbons (Fsp3) is 0.400. The van der Waals surface area contributed by atoms with Gasteiger partial charge in [0.15, 0.2) is 0 Å². The van der Waals surface area contributed by atoms with Crippen molar-refractivity contribution in [2.24, 2.45) is 0 Å². The molecule has 0 aromatic carbocycles. The molecule has 21 heavy (non-hydrogen) atoms. The van der Waals surface area contributed by atoms with Gasteiger partial charge in [0.2, 0.25) is 0 Å². The number of nitrogens with zero attached hydrogens (tertiary/aromatic N) is 1. The summed E-state index contributed by atoms with van der Waals surface area (Å²) in [5.74, 6) is -1.32. The summed E-state index contributed by atoms with van der Waals surface area (Å²) < 4.78 is 0.154. The molecule has 0 saturated heterocycles. The number of thioether (sulfide) groups is 1. The Labute approximate surface area is 127 Å². The number of rotatable bonds is 6. The average Bonchev–Trinajstić information content (AvgIpc) is 2.44. The smallest absolute Gasteiger partial charge is 0.328 e. The standard InChI is InChI=1S/C15H18N2O3S/c1-21-15(7-3-8-15)10-17-14(20)13-11(4-2-9-16-13)5-6-12(18)19/h2,4-6,9H,3,7-8,10H2,1H3,(H,17,20)(H,18,19)/b6-5+. The minimum Gasteiger partial charge on any atom is -0.478 e. The van der Waals surface area contributed by atoms with Crippen molar-refractivity contribution in [1.82, 2.24) is 10.3 Å². The third-order valence-corrected chi connectivity index (χ3v) is 5.15. The van der Waals surface area contributed by atoms with Crippen molar-refractivity contribution in [1.29, 1.82) is 0 Å². The van der Waals surface area contributed by atoms with Gasteiger partial charge in [0.05, 0.1) is 0 Å². The maximum atomic E-state index is 12.2. The van der Waals surface area contributed by atoms with Crippen molar-refractivity contribution in [3.05, 3.63) is 35.7 Å². The van der Waals surface area contributed by atoms with Crippen LogP contribution in [0.4, 0.5) is 0 Å². The Morgan fingerprint density at radius 3 is 2.86 bits per heavy atom. The molecular formula is C15H18N2O3S. The first kappa shape index (κ1) is 15.6. The van der Waals surface area contributed by atoms with Crippen molar-refractivity contribution in [2.75, 3.05) is 12.8 Å². The Bertz CT molecular complexity index is 562. The van der Waals surface area contributed by atoms with Gasteiger partial charge in [0, 0.05) is 29.1 Å². The second-order valence-electron chi connectivity index (χ2n) is 5.04. The van der Waals surface area contributed by atoms with E-state index in [-0.39, 0.29) is 16.3 Å². The van der Waals surface area contributed by atoms with Crippen LogP contribution in [-0.2, 0) is 4.79 Å². The number of pyridine rings is 1. The predicted octanol–water partition coefficient (Wildman–Crippen LogP) is 2.19. The largest absolute Gasteiger partial charge is 0.478 e. The van der Waals surface area contributed by atoms with Gasteiger partial charge >= 0.3 is 5.97 Å². The lowest BCUT2D eigenvalue weighted by molar-refractivity contribution is -0.131. The maximum absolute atomic E-state index is 12.2. The highest BCUT2D eigenvalue weighted by molar-refractivity contribution is 8.00. The Morgan fingerprint density at radius 1 is 1.52 bits per heavy atom. The lowest BCUT2D eigenvalue weighted by Crippen LogP contribution is -2.45. The van der Waals surface area contributed by atoms with Crippen LogP contribution in [0.5, 0.6) is 0 Å². The van der Waals surface area contributed by atoms with Crippen molar-refractivity contribution >= 4 is 29.7 Å². The first-order valence-electron chi connectivity index (χ1n) is 6.76. The van der Waals surface area contributed by atoms with Gasteiger partial charge in [-0.2, -0.15) is 11.8 Å². The molecule has 1 aliphatic rings. The molecule has 0 unspecified atom stereocenters. The minimum atomic E-state index is -1.05. The van der Waals surface area contributed by atoms with Crippen molar-refractivity contribution in [3.8, 4) is 0 Å². The second-order valence-corrected chi connectivity index (χ2v) is 6.31. The minimum absolute atomic E-state index is 0.154. The predicted molar refractivity (Wildman–Crippen MR) is 83.3 cm³/mol. The highest BCUT2D eigenvalue weighted by Gasteiger charge is 2.36. The van der Waals surface area contributed by atoms with Gasteiger partial charge < -0.3 is 10.4 Å². The number of hydrogen-bond acceptors (Lipinski definition) is 4. The SMILES string of the molecule is CSC1(CNC(=O)c2ncccc2/C=C/C(=O)O)CCC1. The van der Waals surface area contributed by atoms with E-state index < -0.39 is 5.97 Å². The van der Waals surface area contributed by atoms with E-state index in [2.05, 4.69) is 16.6 Å². The number of carbonyl (C=O) groups is 2. The van der Waals surface area contributed by atoms with Crippen molar-refractivity contribution < 1.29 is 14.7 Å². The zero-order valence-electron chi connectivity index (χ0n) is 11.8. The van der Waals surface area contributed by atoms with Gasteiger partial charge in [-0.1, -0.05) is 12.5 Å². The summed E-state index contributed by atoms with van der Waals surface area (Å²) in [4.78, 5) is 26.9. The molecular weight excluding hydrogens is 288 g/mol. The third kappa shape index (κ3) is 3.85. The lowest BCUT2D eigenvalue weighted by atomic mass is 9.84. The Hall–Kier alpha value is -1.82. The molecule has 1 aromatic rings. The summed E-state index contributed by atoms with van der Waals surface area (Å²) in [6.45, 7) is 0.617. The number of carboxylic acids is 1. The molecule has 2 N–H and O–H groups in total. The van der Waals surface area contributed by atoms with Crippen LogP contribution in [0.25, 0.3) is 6.08 Å². The number of amides is 1. The summed E-state index contributed by atoms with van der Waals surface area (Å²) in [5.41, 5.74) is 0.759. The molecule has 1 aliphatic carbocycles. The highest BCUT2D eigenvalue weighted by Crippen LogP contribution is 2.42. The molecule has 0 radical (unpaired) electrons. The number of aliphatic carboxylic acids is 1. The molecule has 112 valence electrons. The number of carboxylic acid groups (broad SMARTS) is 1. The first-order chi connectivity index (χ1) is 10.1. The summed E-state index contributed by atoms with van der Waals surface area (Å²) in [6, 6.07) is 3.35. The van der Waals surface area contributed by atoms with Crippen molar-refractivity contribution in [2.45, 2.75) is 24.0 Å². The van der Waals surface area contributed by atoms with Crippen LogP contribution in [0, 0.1) is 0 Å². The first-order valence-corrected chi connectivity index (χ1v) is 7.98. The van der Waals surface area contributed by atoms with Gasteiger partial charge in [-0.15, -0.1) is 0 Å². The zero-order chi connectivity index (χ0) is 15.3. The van der Waals surface area contributed by atoms with Crippen molar-refractivity contribution in [3.63, 3.8) is 0 Å². The van der Waals surface area contributed by atoms with Crippen LogP contribution < -0.4 is 5.32 Å². The van der Waals surface area contributed by atoms with Gasteiger partial charge in [-0.25, -0.2) is 4.79 Å². The monoisotopic (exact) mass is 306 g/mol. The van der Waals surface area contributed by atoms with E-state index in [1.807, 2.05) is 0 Å². The van der Waals surface area contributed by atoms with Crippen LogP contribution in [-0.4, -0.2) is 39.5 Å². The summed E-state index contributed by atoms with van der Waals surface area (Å²) in [6.07, 6.45) is 9.41. The van der Waals surface area contributed by atoms with Crippen LogP contribution in [0.3, 0.4) is 0 Å². The van der Waals surface area contributed by atoms with Gasteiger partial charge in [-0.3, -0.25) is 9.78 Å². The van der Waals surface area contributed by atoms with Crippen LogP contribution >= 0.6 is 11.8 Å². The van der Waals surface area contributed by atoms with E-state index in [4.69, 9.17) is 5.11 Å². The molecule has 0 spiro atoms. The molecule has 1 amide bonds. The maximum Gasteiger partial charge on any atom is 0.328 e. The number of aromatic nitrogens is 1. The van der Waals surface area contributed by atoms with E-state index in [0.29, 0.717) is 12.1 Å². The average molecular weight is 306 g/mol. The molecule has 0 atom stereocenters. The van der Waals surface area contributed by atoms with Gasteiger partial charge in [0.1, 0.15) is 5.69 Å². The van der Waals surface area contributed by atoms with Crippen LogP contribution in [0.1, 0.15) is 35.3 Å². The fourth-order valence-electron chi connectivity index (χ4n) is 2.25. The van der Waals surface area contributed by atoms with Crippen LogP contribution in [0.2, 0.25) is 0 Å². The van der Waals surface area contributed by atoms with E-state index in [1.54, 1.807) is 23.9 Å². The number of hydrogen-bond donors (Lipinski definition) is 2. The summed E-state index contributed by atoms with van der Waals surface area (Å²) in [5, 5.41) is 11.6. The molecule has 1 heterocycles. The second kappa shape index (κ2) is 6.76. The van der Waals surface area contributed by atoms with E-state index in [1.165, 1.54) is 18.7 Å². The molecule has 0 aliphatic heterocycles. The topological polar surface area (TPSA) is 79.3 Å². The quantitative estimate of drug-likeness (QED) is 0.788. The molecule has 1 aromatic heterocycles. The summed E-state index contributed by atoms with van der Waals surface area (Å²) in [7, 11) is 0. The molecule has 6 heteroatoms.